The standard InChI is InChI=1S/C18H14ClFO/c1-11-6-8-15(14-5-3-2-4-13(11)14)18(21)16-9-7-12(20)10-17(16)19/h2-10,18,21H,1H3. The number of hydrogen-bond donors (Lipinski definition) is 1. The Bertz CT molecular complexity index is 813. The number of aryl methyl sites for hydroxylation is 1. The first kappa shape index (κ1) is 14.1. The van der Waals surface area contributed by atoms with E-state index in [1.807, 2.05) is 43.3 Å². The Kier molecular flexibility index (Phi) is 3.66. The summed E-state index contributed by atoms with van der Waals surface area (Å²) in [5.74, 6) is -0.412. The highest BCUT2D eigenvalue weighted by atomic mass is 35.5. The molecule has 1 N–H and O–H groups in total. The van der Waals surface area contributed by atoms with Crippen molar-refractivity contribution in [3.63, 3.8) is 0 Å². The van der Waals surface area contributed by atoms with Gasteiger partial charge >= 0.3 is 0 Å². The average Bonchev–Trinajstić information content (AvgIpc) is 2.47. The summed E-state index contributed by atoms with van der Waals surface area (Å²) < 4.78 is 13.2. The SMILES string of the molecule is Cc1ccc(C(O)c2ccc(F)cc2Cl)c2ccccc12. The maximum atomic E-state index is 13.2. The molecular weight excluding hydrogens is 287 g/mol. The Morgan fingerprint density at radius 1 is 0.952 bits per heavy atom. The molecule has 0 bridgehead atoms. The number of benzene rings is 3. The average molecular weight is 301 g/mol. The molecule has 0 aliphatic rings. The number of hydrogen-bond acceptors (Lipinski definition) is 1. The van der Waals surface area contributed by atoms with Gasteiger partial charge in [-0.25, -0.2) is 4.39 Å². The molecule has 0 spiro atoms. The third-order valence-corrected chi connectivity index (χ3v) is 4.05. The topological polar surface area (TPSA) is 20.2 Å². The van der Waals surface area contributed by atoms with E-state index in [-0.39, 0.29) is 5.02 Å². The van der Waals surface area contributed by atoms with Gasteiger partial charge in [0.15, 0.2) is 0 Å². The molecule has 0 radical (unpaired) electrons. The molecule has 0 heterocycles. The van der Waals surface area contributed by atoms with E-state index in [0.29, 0.717) is 5.56 Å². The Hall–Kier alpha value is -1.90. The molecule has 1 nitrogen and oxygen atoms in total. The lowest BCUT2D eigenvalue weighted by Gasteiger charge is -2.16. The predicted octanol–water partition coefficient (Wildman–Crippen LogP) is 5.02. The van der Waals surface area contributed by atoms with E-state index in [9.17, 15) is 9.50 Å². The Morgan fingerprint density at radius 2 is 1.62 bits per heavy atom. The summed E-state index contributed by atoms with van der Waals surface area (Å²) in [6, 6.07) is 15.8. The monoisotopic (exact) mass is 300 g/mol. The highest BCUT2D eigenvalue weighted by Gasteiger charge is 2.17. The van der Waals surface area contributed by atoms with E-state index in [4.69, 9.17) is 11.6 Å². The fourth-order valence-corrected chi connectivity index (χ4v) is 2.87. The molecule has 0 aliphatic heterocycles. The van der Waals surface area contributed by atoms with Crippen LogP contribution < -0.4 is 0 Å². The first-order valence-electron chi connectivity index (χ1n) is 6.69. The van der Waals surface area contributed by atoms with Gasteiger partial charge in [-0.05, 0) is 41.0 Å². The van der Waals surface area contributed by atoms with Gasteiger partial charge in [0, 0.05) is 10.6 Å². The van der Waals surface area contributed by atoms with Crippen LogP contribution in [0.15, 0.2) is 54.6 Å². The smallest absolute Gasteiger partial charge is 0.124 e. The summed E-state index contributed by atoms with van der Waals surface area (Å²) in [5.41, 5.74) is 2.42. The normalized spacial score (nSPS) is 12.6. The van der Waals surface area contributed by atoms with Crippen LogP contribution in [0, 0.1) is 12.7 Å². The Labute approximate surface area is 127 Å². The van der Waals surface area contributed by atoms with Crippen LogP contribution in [0.1, 0.15) is 22.8 Å². The highest BCUT2D eigenvalue weighted by molar-refractivity contribution is 6.31. The van der Waals surface area contributed by atoms with Crippen molar-refractivity contribution in [2.24, 2.45) is 0 Å². The number of halogens is 2. The molecule has 0 saturated carbocycles. The van der Waals surface area contributed by atoms with E-state index in [1.165, 1.54) is 18.2 Å². The lowest BCUT2D eigenvalue weighted by Crippen LogP contribution is -2.02. The second-order valence-corrected chi connectivity index (χ2v) is 5.49. The second kappa shape index (κ2) is 5.47. The maximum Gasteiger partial charge on any atom is 0.124 e. The van der Waals surface area contributed by atoms with Crippen molar-refractivity contribution >= 4 is 22.4 Å². The van der Waals surface area contributed by atoms with Gasteiger partial charge in [0.25, 0.3) is 0 Å². The van der Waals surface area contributed by atoms with Gasteiger partial charge in [-0.3, -0.25) is 0 Å². The number of aliphatic hydroxyl groups is 1. The van der Waals surface area contributed by atoms with E-state index in [1.54, 1.807) is 0 Å². The lowest BCUT2D eigenvalue weighted by molar-refractivity contribution is 0.222. The van der Waals surface area contributed by atoms with Crippen LogP contribution >= 0.6 is 11.6 Å². The molecule has 0 aliphatic carbocycles. The molecule has 3 rings (SSSR count). The van der Waals surface area contributed by atoms with E-state index >= 15 is 0 Å². The summed E-state index contributed by atoms with van der Waals surface area (Å²) in [4.78, 5) is 0. The summed E-state index contributed by atoms with van der Waals surface area (Å²) in [7, 11) is 0. The molecule has 3 heteroatoms. The van der Waals surface area contributed by atoms with Gasteiger partial charge in [0.1, 0.15) is 11.9 Å². The predicted molar refractivity (Wildman–Crippen MR) is 84.2 cm³/mol. The molecule has 0 saturated heterocycles. The quantitative estimate of drug-likeness (QED) is 0.704. The maximum absolute atomic E-state index is 13.2. The van der Waals surface area contributed by atoms with Crippen LogP contribution in [-0.4, -0.2) is 5.11 Å². The first-order chi connectivity index (χ1) is 10.1. The number of rotatable bonds is 2. The van der Waals surface area contributed by atoms with Gasteiger partial charge in [-0.15, -0.1) is 0 Å². The molecular formula is C18H14ClFO. The van der Waals surface area contributed by atoms with Crippen molar-refractivity contribution in [2.75, 3.05) is 0 Å². The lowest BCUT2D eigenvalue weighted by atomic mass is 9.94. The summed E-state index contributed by atoms with van der Waals surface area (Å²) in [6.45, 7) is 2.03. The van der Waals surface area contributed by atoms with Crippen molar-refractivity contribution < 1.29 is 9.50 Å². The van der Waals surface area contributed by atoms with E-state index < -0.39 is 11.9 Å². The molecule has 21 heavy (non-hydrogen) atoms. The minimum absolute atomic E-state index is 0.229. The third kappa shape index (κ3) is 2.53. The van der Waals surface area contributed by atoms with Gasteiger partial charge in [-0.2, -0.15) is 0 Å². The molecule has 106 valence electrons. The van der Waals surface area contributed by atoms with Crippen LogP contribution in [-0.2, 0) is 0 Å². The van der Waals surface area contributed by atoms with Gasteiger partial charge < -0.3 is 5.11 Å². The van der Waals surface area contributed by atoms with Crippen LogP contribution in [0.25, 0.3) is 10.8 Å². The van der Waals surface area contributed by atoms with Gasteiger partial charge in [-0.1, -0.05) is 54.1 Å². The van der Waals surface area contributed by atoms with Gasteiger partial charge in [0.05, 0.1) is 0 Å². The molecule has 0 fully saturated rings. The third-order valence-electron chi connectivity index (χ3n) is 3.73. The van der Waals surface area contributed by atoms with E-state index in [0.717, 1.165) is 21.9 Å². The first-order valence-corrected chi connectivity index (χ1v) is 7.07. The zero-order chi connectivity index (χ0) is 15.0. The van der Waals surface area contributed by atoms with Crippen LogP contribution in [0.3, 0.4) is 0 Å². The van der Waals surface area contributed by atoms with Crippen LogP contribution in [0.5, 0.6) is 0 Å². The molecule has 3 aromatic rings. The summed E-state index contributed by atoms with van der Waals surface area (Å²) >= 11 is 6.06. The van der Waals surface area contributed by atoms with Gasteiger partial charge in [0.2, 0.25) is 0 Å². The molecule has 0 aromatic heterocycles. The van der Waals surface area contributed by atoms with Crippen molar-refractivity contribution in [1.29, 1.82) is 0 Å². The number of fused-ring (bicyclic) bond motifs is 1. The minimum Gasteiger partial charge on any atom is -0.384 e. The van der Waals surface area contributed by atoms with Crippen molar-refractivity contribution in [3.05, 3.63) is 82.1 Å². The second-order valence-electron chi connectivity index (χ2n) is 5.09. The van der Waals surface area contributed by atoms with Crippen molar-refractivity contribution in [2.45, 2.75) is 13.0 Å². The summed E-state index contributed by atoms with van der Waals surface area (Å²) in [5, 5.41) is 12.9. The number of aliphatic hydroxyl groups excluding tert-OH is 1. The fourth-order valence-electron chi connectivity index (χ4n) is 2.60. The highest BCUT2D eigenvalue weighted by Crippen LogP contribution is 2.33. The van der Waals surface area contributed by atoms with Crippen LogP contribution in [0.4, 0.5) is 4.39 Å². The molecule has 1 atom stereocenters. The zero-order valence-corrected chi connectivity index (χ0v) is 12.2. The fraction of sp³-hybridized carbons (Fsp3) is 0.111. The Balaban J connectivity index is 2.18. The summed E-state index contributed by atoms with van der Waals surface area (Å²) in [6.07, 6.45) is -0.886. The van der Waals surface area contributed by atoms with Crippen LogP contribution in [0.2, 0.25) is 5.02 Å². The zero-order valence-electron chi connectivity index (χ0n) is 11.5. The molecule has 1 unspecified atom stereocenters. The van der Waals surface area contributed by atoms with E-state index in [2.05, 4.69) is 0 Å². The molecule has 3 aromatic carbocycles. The molecule has 0 amide bonds. The van der Waals surface area contributed by atoms with Crippen molar-refractivity contribution in [1.82, 2.24) is 0 Å². The largest absolute Gasteiger partial charge is 0.384 e. The minimum atomic E-state index is -0.886. The van der Waals surface area contributed by atoms with Crippen molar-refractivity contribution in [3.8, 4) is 0 Å². The Morgan fingerprint density at radius 3 is 2.33 bits per heavy atom.